The Morgan fingerprint density at radius 2 is 1.71 bits per heavy atom. The molecule has 0 radical (unpaired) electrons. The highest BCUT2D eigenvalue weighted by atomic mass is 79.9. The van der Waals surface area contributed by atoms with Gasteiger partial charge >= 0.3 is 0 Å². The third-order valence-electron chi connectivity index (χ3n) is 2.76. The summed E-state index contributed by atoms with van der Waals surface area (Å²) in [5.41, 5.74) is 4.12. The SMILES string of the molecule is CC(C)CCCC(NN)c1cc(Br)cc(Br)c1. The molecule has 0 saturated carbocycles. The Bertz CT molecular complexity index is 333. The van der Waals surface area contributed by atoms with E-state index in [4.69, 9.17) is 5.84 Å². The molecule has 1 unspecified atom stereocenters. The summed E-state index contributed by atoms with van der Waals surface area (Å²) >= 11 is 7.01. The Kier molecular flexibility index (Phi) is 6.70. The summed E-state index contributed by atoms with van der Waals surface area (Å²) < 4.78 is 2.15. The fourth-order valence-electron chi connectivity index (χ4n) is 1.85. The average molecular weight is 364 g/mol. The quantitative estimate of drug-likeness (QED) is 0.575. The Labute approximate surface area is 121 Å². The van der Waals surface area contributed by atoms with E-state index >= 15 is 0 Å². The lowest BCUT2D eigenvalue weighted by Crippen LogP contribution is -2.28. The summed E-state index contributed by atoms with van der Waals surface area (Å²) in [5, 5.41) is 0. The highest BCUT2D eigenvalue weighted by molar-refractivity contribution is 9.11. The maximum Gasteiger partial charge on any atom is 0.0460 e. The van der Waals surface area contributed by atoms with Crippen molar-refractivity contribution >= 4 is 31.9 Å². The van der Waals surface area contributed by atoms with E-state index in [1.165, 1.54) is 18.4 Å². The fraction of sp³-hybridized carbons (Fsp3) is 0.538. The van der Waals surface area contributed by atoms with Crippen LogP contribution < -0.4 is 11.3 Å². The van der Waals surface area contributed by atoms with Crippen LogP contribution in [0, 0.1) is 5.92 Å². The lowest BCUT2D eigenvalue weighted by molar-refractivity contribution is 0.455. The van der Waals surface area contributed by atoms with Crippen molar-refractivity contribution in [3.63, 3.8) is 0 Å². The van der Waals surface area contributed by atoms with Crippen molar-refractivity contribution in [2.75, 3.05) is 0 Å². The van der Waals surface area contributed by atoms with Gasteiger partial charge in [-0.2, -0.15) is 0 Å². The Morgan fingerprint density at radius 1 is 1.12 bits per heavy atom. The first-order valence-electron chi connectivity index (χ1n) is 5.95. The smallest absolute Gasteiger partial charge is 0.0460 e. The van der Waals surface area contributed by atoms with E-state index < -0.39 is 0 Å². The first-order chi connectivity index (χ1) is 8.02. The normalized spacial score (nSPS) is 13.1. The van der Waals surface area contributed by atoms with Gasteiger partial charge in [-0.3, -0.25) is 11.3 Å². The van der Waals surface area contributed by atoms with Crippen LogP contribution in [0.3, 0.4) is 0 Å². The molecule has 0 aromatic heterocycles. The molecule has 0 aliphatic rings. The van der Waals surface area contributed by atoms with Gasteiger partial charge in [0.2, 0.25) is 0 Å². The molecular weight excluding hydrogens is 344 g/mol. The summed E-state index contributed by atoms with van der Waals surface area (Å²) in [6.45, 7) is 4.50. The van der Waals surface area contributed by atoms with Gasteiger partial charge in [-0.1, -0.05) is 58.5 Å². The number of rotatable bonds is 6. The molecule has 0 amide bonds. The standard InChI is InChI=1S/C13H20Br2N2/c1-9(2)4-3-5-13(17-16)10-6-11(14)8-12(15)7-10/h6-9,13,17H,3-5,16H2,1-2H3. The van der Waals surface area contributed by atoms with Crippen LogP contribution in [-0.2, 0) is 0 Å². The van der Waals surface area contributed by atoms with Crippen LogP contribution in [-0.4, -0.2) is 0 Å². The molecule has 0 saturated heterocycles. The van der Waals surface area contributed by atoms with Crippen LogP contribution >= 0.6 is 31.9 Å². The highest BCUT2D eigenvalue weighted by Gasteiger charge is 2.11. The van der Waals surface area contributed by atoms with Crippen molar-refractivity contribution in [3.8, 4) is 0 Å². The molecular formula is C13H20Br2N2. The van der Waals surface area contributed by atoms with Crippen LogP contribution in [0.15, 0.2) is 27.1 Å². The third kappa shape index (κ3) is 5.51. The van der Waals surface area contributed by atoms with E-state index in [0.29, 0.717) is 0 Å². The lowest BCUT2D eigenvalue weighted by atomic mass is 9.98. The number of benzene rings is 1. The number of nitrogens with two attached hydrogens (primary N) is 1. The monoisotopic (exact) mass is 362 g/mol. The molecule has 0 aliphatic heterocycles. The molecule has 4 heteroatoms. The van der Waals surface area contributed by atoms with Gasteiger partial charge in [0.05, 0.1) is 0 Å². The second-order valence-electron chi connectivity index (χ2n) is 4.75. The first kappa shape index (κ1) is 15.2. The third-order valence-corrected chi connectivity index (χ3v) is 3.68. The van der Waals surface area contributed by atoms with Gasteiger partial charge in [0.25, 0.3) is 0 Å². The number of hydrogen-bond acceptors (Lipinski definition) is 2. The van der Waals surface area contributed by atoms with E-state index in [2.05, 4.69) is 63.3 Å². The fourth-order valence-corrected chi connectivity index (χ4v) is 3.18. The summed E-state index contributed by atoms with van der Waals surface area (Å²) in [6.07, 6.45) is 3.50. The van der Waals surface area contributed by atoms with Gasteiger partial charge in [0.1, 0.15) is 0 Å². The summed E-state index contributed by atoms with van der Waals surface area (Å²) in [7, 11) is 0. The van der Waals surface area contributed by atoms with Crippen LogP contribution in [0.4, 0.5) is 0 Å². The lowest BCUT2D eigenvalue weighted by Gasteiger charge is -2.17. The highest BCUT2D eigenvalue weighted by Crippen LogP contribution is 2.27. The van der Waals surface area contributed by atoms with Crippen LogP contribution in [0.5, 0.6) is 0 Å². The van der Waals surface area contributed by atoms with Crippen molar-refractivity contribution in [2.45, 2.75) is 39.2 Å². The zero-order valence-corrected chi connectivity index (χ0v) is 13.5. The number of halogens is 2. The predicted molar refractivity (Wildman–Crippen MR) is 80.6 cm³/mol. The molecule has 0 spiro atoms. The molecule has 2 nitrogen and oxygen atoms in total. The summed E-state index contributed by atoms with van der Waals surface area (Å²) in [6, 6.07) is 6.49. The Hall–Kier alpha value is 0.1000. The molecule has 0 aliphatic carbocycles. The van der Waals surface area contributed by atoms with E-state index in [1.54, 1.807) is 0 Å². The topological polar surface area (TPSA) is 38.0 Å². The molecule has 1 rings (SSSR count). The molecule has 96 valence electrons. The maximum atomic E-state index is 5.64. The second-order valence-corrected chi connectivity index (χ2v) is 6.58. The molecule has 17 heavy (non-hydrogen) atoms. The first-order valence-corrected chi connectivity index (χ1v) is 7.53. The molecule has 1 atom stereocenters. The van der Waals surface area contributed by atoms with Gasteiger partial charge in [-0.25, -0.2) is 0 Å². The number of hydrogen-bond donors (Lipinski definition) is 2. The van der Waals surface area contributed by atoms with Gasteiger partial charge in [-0.15, -0.1) is 0 Å². The van der Waals surface area contributed by atoms with E-state index in [0.717, 1.165) is 21.3 Å². The molecule has 1 aromatic rings. The minimum Gasteiger partial charge on any atom is -0.271 e. The van der Waals surface area contributed by atoms with Crippen molar-refractivity contribution in [2.24, 2.45) is 11.8 Å². The Morgan fingerprint density at radius 3 is 2.18 bits per heavy atom. The zero-order valence-electron chi connectivity index (χ0n) is 10.3. The van der Waals surface area contributed by atoms with Crippen LogP contribution in [0.2, 0.25) is 0 Å². The van der Waals surface area contributed by atoms with Crippen LogP contribution in [0.25, 0.3) is 0 Å². The molecule has 0 bridgehead atoms. The molecule has 1 aromatic carbocycles. The maximum absolute atomic E-state index is 5.64. The van der Waals surface area contributed by atoms with E-state index in [1.807, 2.05) is 6.07 Å². The predicted octanol–water partition coefficient (Wildman–Crippen LogP) is 4.54. The van der Waals surface area contributed by atoms with Crippen molar-refractivity contribution in [1.29, 1.82) is 0 Å². The average Bonchev–Trinajstić information content (AvgIpc) is 2.22. The summed E-state index contributed by atoms with van der Waals surface area (Å²) in [4.78, 5) is 0. The summed E-state index contributed by atoms with van der Waals surface area (Å²) in [5.74, 6) is 6.39. The van der Waals surface area contributed by atoms with E-state index in [9.17, 15) is 0 Å². The number of hydrazine groups is 1. The largest absolute Gasteiger partial charge is 0.271 e. The van der Waals surface area contributed by atoms with Crippen molar-refractivity contribution in [1.82, 2.24) is 5.43 Å². The minimum atomic E-state index is 0.225. The Balaban J connectivity index is 2.65. The van der Waals surface area contributed by atoms with Crippen LogP contribution in [0.1, 0.15) is 44.7 Å². The van der Waals surface area contributed by atoms with Crippen molar-refractivity contribution in [3.05, 3.63) is 32.7 Å². The molecule has 0 fully saturated rings. The van der Waals surface area contributed by atoms with Gasteiger partial charge in [0, 0.05) is 15.0 Å². The minimum absolute atomic E-state index is 0.225. The zero-order chi connectivity index (χ0) is 12.8. The van der Waals surface area contributed by atoms with Gasteiger partial charge in [-0.05, 0) is 36.1 Å². The van der Waals surface area contributed by atoms with E-state index in [-0.39, 0.29) is 6.04 Å². The second kappa shape index (κ2) is 7.52. The molecule has 0 heterocycles. The number of nitrogens with one attached hydrogen (secondary N) is 1. The van der Waals surface area contributed by atoms with Gasteiger partial charge < -0.3 is 0 Å². The van der Waals surface area contributed by atoms with Gasteiger partial charge in [0.15, 0.2) is 0 Å². The molecule has 3 N–H and O–H groups in total. The van der Waals surface area contributed by atoms with Crippen molar-refractivity contribution < 1.29 is 0 Å².